The van der Waals surface area contributed by atoms with Crippen LogP contribution < -0.4 is 21.4 Å². The van der Waals surface area contributed by atoms with Gasteiger partial charge in [0, 0.05) is 24.2 Å². The van der Waals surface area contributed by atoms with E-state index in [0.717, 1.165) is 19.0 Å². The minimum atomic E-state index is -3.62. The first-order valence-corrected chi connectivity index (χ1v) is 14.4. The lowest BCUT2D eigenvalue weighted by Crippen LogP contribution is -2.17. The number of rotatable bonds is 14. The maximum atomic E-state index is 14.5. The maximum absolute atomic E-state index is 14.5. The van der Waals surface area contributed by atoms with Crippen LogP contribution in [0, 0.1) is 5.82 Å². The van der Waals surface area contributed by atoms with Gasteiger partial charge in [0.1, 0.15) is 0 Å². The van der Waals surface area contributed by atoms with Gasteiger partial charge in [-0.15, -0.1) is 0 Å². The summed E-state index contributed by atoms with van der Waals surface area (Å²) in [5.74, 6) is -1.41. The van der Waals surface area contributed by atoms with Gasteiger partial charge < -0.3 is 16.0 Å². The molecule has 0 saturated heterocycles. The Bertz CT molecular complexity index is 1420. The summed E-state index contributed by atoms with van der Waals surface area (Å²) in [6.45, 7) is 3.15. The fraction of sp³-hybridized carbons (Fsp3) is 0.333. The van der Waals surface area contributed by atoms with Crippen LogP contribution in [0.1, 0.15) is 52.4 Å². The van der Waals surface area contributed by atoms with E-state index in [-0.39, 0.29) is 34.7 Å². The summed E-state index contributed by atoms with van der Waals surface area (Å²) in [7, 11) is -3.62. The first kappa shape index (κ1) is 30.4. The lowest BCUT2D eigenvalue weighted by atomic mass is 10.1. The van der Waals surface area contributed by atoms with Crippen LogP contribution in [0.25, 0.3) is 0 Å². The second-order valence-electron chi connectivity index (χ2n) is 9.30. The van der Waals surface area contributed by atoms with E-state index in [1.807, 2.05) is 0 Å². The molecule has 3 rings (SSSR count). The van der Waals surface area contributed by atoms with Crippen LogP contribution in [0.2, 0.25) is 0 Å². The molecule has 2 amide bonds. The number of carbonyl (C=O) groups is 2. The summed E-state index contributed by atoms with van der Waals surface area (Å²) >= 11 is 0. The van der Waals surface area contributed by atoms with Gasteiger partial charge in [0.25, 0.3) is 0 Å². The van der Waals surface area contributed by atoms with Crippen LogP contribution in [-0.4, -0.2) is 40.7 Å². The van der Waals surface area contributed by atoms with E-state index in [4.69, 9.17) is 5.21 Å². The van der Waals surface area contributed by atoms with Gasteiger partial charge in [-0.2, -0.15) is 4.98 Å². The zero-order valence-electron chi connectivity index (χ0n) is 22.3. The number of hydroxylamine groups is 1. The van der Waals surface area contributed by atoms with E-state index < -0.39 is 26.8 Å². The van der Waals surface area contributed by atoms with E-state index >= 15 is 0 Å². The number of anilines is 5. The first-order chi connectivity index (χ1) is 19.1. The number of para-hydroxylation sites is 1. The highest BCUT2D eigenvalue weighted by Gasteiger charge is 2.23. The third-order valence-corrected chi connectivity index (χ3v) is 8.13. The molecule has 0 radical (unpaired) electrons. The fourth-order valence-electron chi connectivity index (χ4n) is 3.68. The quantitative estimate of drug-likeness (QED) is 0.101. The third-order valence-electron chi connectivity index (χ3n) is 5.92. The van der Waals surface area contributed by atoms with Gasteiger partial charge in [-0.1, -0.05) is 25.0 Å². The lowest BCUT2D eigenvalue weighted by molar-refractivity contribution is -0.129. The molecule has 0 fully saturated rings. The van der Waals surface area contributed by atoms with Crippen molar-refractivity contribution < 1.29 is 27.6 Å². The number of hydrogen-bond acceptors (Lipinski definition) is 9. The lowest BCUT2D eigenvalue weighted by Gasteiger charge is -2.15. The van der Waals surface area contributed by atoms with E-state index in [9.17, 15) is 22.4 Å². The van der Waals surface area contributed by atoms with Gasteiger partial charge in [-0.25, -0.2) is 23.3 Å². The summed E-state index contributed by atoms with van der Waals surface area (Å²) in [6.07, 6.45) is 4.47. The predicted molar refractivity (Wildman–Crippen MR) is 150 cm³/mol. The van der Waals surface area contributed by atoms with Crippen LogP contribution in [0.15, 0.2) is 59.6 Å². The average molecular weight is 573 g/mol. The number of unbranched alkanes of at least 4 members (excludes halogenated alkanes) is 3. The topological polar surface area (TPSA) is 162 Å². The second kappa shape index (κ2) is 14.3. The van der Waals surface area contributed by atoms with Crippen molar-refractivity contribution in [1.29, 1.82) is 0 Å². The molecule has 0 saturated carbocycles. The molecule has 214 valence electrons. The van der Waals surface area contributed by atoms with Gasteiger partial charge in [-0.05, 0) is 63.1 Å². The molecule has 0 aliphatic heterocycles. The van der Waals surface area contributed by atoms with Crippen molar-refractivity contribution in [3.63, 3.8) is 0 Å². The second-order valence-corrected chi connectivity index (χ2v) is 11.8. The zero-order valence-corrected chi connectivity index (χ0v) is 23.1. The van der Waals surface area contributed by atoms with Crippen LogP contribution >= 0.6 is 0 Å². The molecule has 1 aromatic heterocycles. The summed E-state index contributed by atoms with van der Waals surface area (Å²) in [4.78, 5) is 31.3. The molecular formula is C27H33FN6O5S. The van der Waals surface area contributed by atoms with Crippen molar-refractivity contribution in [2.75, 3.05) is 16.0 Å². The maximum Gasteiger partial charge on any atom is 0.243 e. The van der Waals surface area contributed by atoms with Gasteiger partial charge in [0.2, 0.25) is 17.8 Å². The number of nitrogens with one attached hydrogen (secondary N) is 4. The summed E-state index contributed by atoms with van der Waals surface area (Å²) in [5.41, 5.74) is 2.98. The van der Waals surface area contributed by atoms with Gasteiger partial charge in [-0.3, -0.25) is 14.8 Å². The van der Waals surface area contributed by atoms with Crippen molar-refractivity contribution >= 4 is 50.5 Å². The molecule has 5 N–H and O–H groups in total. The molecule has 2 aromatic carbocycles. The molecule has 0 aliphatic rings. The number of benzene rings is 2. The summed E-state index contributed by atoms with van der Waals surface area (Å²) in [6, 6.07) is 13.0. The SMILES string of the molecule is CC(C)S(=O)(=O)c1ccccc1Nc1nc(Nc2ccc(NC(=O)CCCCCCC(=O)NO)cc2)ncc1F. The Morgan fingerprint density at radius 2 is 1.52 bits per heavy atom. The van der Waals surface area contributed by atoms with E-state index in [0.29, 0.717) is 30.6 Å². The van der Waals surface area contributed by atoms with E-state index in [1.165, 1.54) is 12.1 Å². The van der Waals surface area contributed by atoms with Crippen LogP contribution in [0.3, 0.4) is 0 Å². The minimum Gasteiger partial charge on any atom is -0.337 e. The Labute approximate surface area is 232 Å². The van der Waals surface area contributed by atoms with Gasteiger partial charge >= 0.3 is 0 Å². The van der Waals surface area contributed by atoms with Crippen LogP contribution in [-0.2, 0) is 19.4 Å². The highest BCUT2D eigenvalue weighted by Crippen LogP contribution is 2.28. The Kier molecular flexibility index (Phi) is 10.9. The van der Waals surface area contributed by atoms with Crippen molar-refractivity contribution in [2.45, 2.75) is 62.5 Å². The van der Waals surface area contributed by atoms with Crippen molar-refractivity contribution in [2.24, 2.45) is 0 Å². The summed E-state index contributed by atoms with van der Waals surface area (Å²) < 4.78 is 40.0. The monoisotopic (exact) mass is 572 g/mol. The van der Waals surface area contributed by atoms with Crippen molar-refractivity contribution in [3.05, 3.63) is 60.5 Å². The average Bonchev–Trinajstić information content (AvgIpc) is 2.93. The number of halogens is 1. The fourth-order valence-corrected chi connectivity index (χ4v) is 4.89. The number of amides is 2. The van der Waals surface area contributed by atoms with Gasteiger partial charge in [0.15, 0.2) is 21.5 Å². The Morgan fingerprint density at radius 1 is 0.900 bits per heavy atom. The smallest absolute Gasteiger partial charge is 0.243 e. The number of aromatic nitrogens is 2. The number of carbonyl (C=O) groups excluding carboxylic acids is 2. The van der Waals surface area contributed by atoms with Gasteiger partial charge in [0.05, 0.1) is 22.0 Å². The molecule has 1 heterocycles. The predicted octanol–water partition coefficient (Wildman–Crippen LogP) is 5.07. The van der Waals surface area contributed by atoms with Crippen molar-refractivity contribution in [1.82, 2.24) is 15.4 Å². The Hall–Kier alpha value is -4.10. The molecule has 13 heteroatoms. The summed E-state index contributed by atoms with van der Waals surface area (Å²) in [5, 5.41) is 16.4. The number of sulfone groups is 1. The van der Waals surface area contributed by atoms with Crippen LogP contribution in [0.4, 0.5) is 33.2 Å². The molecule has 0 spiro atoms. The molecule has 11 nitrogen and oxygen atoms in total. The molecule has 0 aliphatic carbocycles. The zero-order chi connectivity index (χ0) is 29.1. The molecular weight excluding hydrogens is 539 g/mol. The minimum absolute atomic E-state index is 0.0437. The largest absolute Gasteiger partial charge is 0.337 e. The standard InChI is InChI=1S/C27H33FN6O5S/c1-18(2)40(38,39)23-10-8-7-9-22(23)32-26-21(28)17-29-27(33-26)31-20-15-13-19(14-16-20)30-24(35)11-5-3-4-6-12-25(36)34-37/h7-10,13-18,37H,3-6,11-12H2,1-2H3,(H,30,35)(H,34,36)(H2,29,31,32,33). The first-order valence-electron chi connectivity index (χ1n) is 12.8. The van der Waals surface area contributed by atoms with Crippen LogP contribution in [0.5, 0.6) is 0 Å². The molecule has 0 atom stereocenters. The van der Waals surface area contributed by atoms with E-state index in [1.54, 1.807) is 55.7 Å². The van der Waals surface area contributed by atoms with E-state index in [2.05, 4.69) is 25.9 Å². The molecule has 40 heavy (non-hydrogen) atoms. The Balaban J connectivity index is 1.57. The Morgan fingerprint density at radius 3 is 2.17 bits per heavy atom. The third kappa shape index (κ3) is 8.71. The highest BCUT2D eigenvalue weighted by atomic mass is 32.2. The molecule has 0 bridgehead atoms. The number of nitrogens with zero attached hydrogens (tertiary/aromatic N) is 2. The highest BCUT2D eigenvalue weighted by molar-refractivity contribution is 7.92. The van der Waals surface area contributed by atoms with Crippen molar-refractivity contribution in [3.8, 4) is 0 Å². The number of hydrogen-bond donors (Lipinski definition) is 5. The normalized spacial score (nSPS) is 11.2. The molecule has 0 unspecified atom stereocenters. The molecule has 3 aromatic rings.